The van der Waals surface area contributed by atoms with Gasteiger partial charge in [0.2, 0.25) is 23.6 Å². The van der Waals surface area contributed by atoms with Crippen molar-refractivity contribution in [3.05, 3.63) is 18.2 Å². The fourth-order valence-corrected chi connectivity index (χ4v) is 2.85. The zero-order valence-electron chi connectivity index (χ0n) is 18.4. The molecule has 4 amide bonds. The zero-order valence-corrected chi connectivity index (χ0v) is 18.4. The van der Waals surface area contributed by atoms with Crippen molar-refractivity contribution in [2.24, 2.45) is 17.4 Å². The summed E-state index contributed by atoms with van der Waals surface area (Å²) in [6.45, 7) is 2.77. The Bertz CT molecular complexity index is 828. The van der Waals surface area contributed by atoms with E-state index in [9.17, 15) is 29.1 Å². The highest BCUT2D eigenvalue weighted by molar-refractivity contribution is 5.95. The van der Waals surface area contributed by atoms with Crippen LogP contribution in [0.1, 0.15) is 32.4 Å². The van der Waals surface area contributed by atoms with Crippen molar-refractivity contribution in [1.29, 1.82) is 0 Å². The Kier molecular flexibility index (Phi) is 10.9. The van der Waals surface area contributed by atoms with Crippen molar-refractivity contribution < 1.29 is 34.2 Å². The minimum absolute atomic E-state index is 0.0425. The normalized spacial score (nSPS) is 14.6. The van der Waals surface area contributed by atoms with E-state index in [4.69, 9.17) is 16.6 Å². The Morgan fingerprint density at radius 1 is 1.03 bits per heavy atom. The largest absolute Gasteiger partial charge is 0.480 e. The van der Waals surface area contributed by atoms with E-state index in [-0.39, 0.29) is 18.8 Å². The van der Waals surface area contributed by atoms with Gasteiger partial charge in [0.05, 0.1) is 25.4 Å². The van der Waals surface area contributed by atoms with Gasteiger partial charge in [0.15, 0.2) is 0 Å². The lowest BCUT2D eigenvalue weighted by molar-refractivity contribution is -0.143. The number of aromatic amines is 1. The van der Waals surface area contributed by atoms with E-state index in [0.717, 1.165) is 0 Å². The van der Waals surface area contributed by atoms with E-state index >= 15 is 0 Å². The maximum absolute atomic E-state index is 13.0. The third-order valence-corrected chi connectivity index (χ3v) is 4.51. The molecular weight excluding hydrogens is 438 g/mol. The fourth-order valence-electron chi connectivity index (χ4n) is 2.85. The molecule has 0 radical (unpaired) electrons. The molecule has 14 heteroatoms. The van der Waals surface area contributed by atoms with E-state index < -0.39 is 66.8 Å². The SMILES string of the molecule is CC(C)CC(NC(=O)C(N)CC(N)=O)C(=O)NC(Cc1cnc[nH]1)C(=O)NC(CO)C(=O)O. The molecule has 1 heterocycles. The summed E-state index contributed by atoms with van der Waals surface area (Å²) >= 11 is 0. The summed E-state index contributed by atoms with van der Waals surface area (Å²) in [4.78, 5) is 66.7. The summed E-state index contributed by atoms with van der Waals surface area (Å²) in [5, 5.41) is 25.3. The first-order valence-corrected chi connectivity index (χ1v) is 10.2. The van der Waals surface area contributed by atoms with Gasteiger partial charge in [-0.15, -0.1) is 0 Å². The molecule has 0 fully saturated rings. The number of hydrogen-bond acceptors (Lipinski definition) is 8. The number of aliphatic hydroxyl groups excluding tert-OH is 1. The Labute approximate surface area is 189 Å². The van der Waals surface area contributed by atoms with Gasteiger partial charge < -0.3 is 42.6 Å². The minimum atomic E-state index is -1.57. The number of nitrogens with two attached hydrogens (primary N) is 2. The van der Waals surface area contributed by atoms with Crippen molar-refractivity contribution in [2.45, 2.75) is 57.3 Å². The number of carbonyl (C=O) groups is 5. The Morgan fingerprint density at radius 3 is 2.09 bits per heavy atom. The third-order valence-electron chi connectivity index (χ3n) is 4.51. The molecular formula is C19H31N7O7. The first kappa shape index (κ1) is 27.5. The van der Waals surface area contributed by atoms with Gasteiger partial charge in [-0.3, -0.25) is 19.2 Å². The number of aliphatic carboxylic acids is 1. The lowest BCUT2D eigenvalue weighted by Gasteiger charge is -2.25. The first-order chi connectivity index (χ1) is 15.4. The molecule has 0 saturated heterocycles. The molecule has 0 aliphatic rings. The molecule has 4 atom stereocenters. The number of imidazole rings is 1. The monoisotopic (exact) mass is 469 g/mol. The van der Waals surface area contributed by atoms with E-state index in [1.54, 1.807) is 0 Å². The van der Waals surface area contributed by atoms with Crippen LogP contribution in [0.2, 0.25) is 0 Å². The quantitative estimate of drug-likeness (QED) is 0.136. The molecule has 14 nitrogen and oxygen atoms in total. The summed E-state index contributed by atoms with van der Waals surface area (Å²) < 4.78 is 0. The van der Waals surface area contributed by atoms with Crippen LogP contribution in [0.5, 0.6) is 0 Å². The molecule has 10 N–H and O–H groups in total. The average Bonchev–Trinajstić information content (AvgIpc) is 3.22. The Hall–Kier alpha value is -3.52. The van der Waals surface area contributed by atoms with E-state index in [1.165, 1.54) is 12.5 Å². The first-order valence-electron chi connectivity index (χ1n) is 10.2. The summed E-state index contributed by atoms with van der Waals surface area (Å²) in [6.07, 6.45) is 2.49. The molecule has 0 aliphatic heterocycles. The summed E-state index contributed by atoms with van der Waals surface area (Å²) in [5.74, 6) is -4.63. The number of carbonyl (C=O) groups excluding carboxylic acids is 4. The average molecular weight is 469 g/mol. The van der Waals surface area contributed by atoms with Crippen LogP contribution in [0.4, 0.5) is 0 Å². The van der Waals surface area contributed by atoms with Crippen LogP contribution in [0.15, 0.2) is 12.5 Å². The predicted molar refractivity (Wildman–Crippen MR) is 114 cm³/mol. The molecule has 1 rings (SSSR count). The standard InChI is InChI=1S/C19H31N7O7/c1-9(2)3-12(24-16(29)11(20)5-15(21)28)17(30)25-13(4-10-6-22-8-23-10)18(31)26-14(7-27)19(32)33/h6,8-9,11-14,27H,3-5,7,20H2,1-2H3,(H2,21,28)(H,22,23)(H,24,29)(H,25,30)(H,26,31)(H,32,33). The number of carboxylic acid groups (broad SMARTS) is 1. The number of hydrogen-bond donors (Lipinski definition) is 8. The molecule has 0 aromatic carbocycles. The number of aromatic nitrogens is 2. The number of carboxylic acids is 1. The van der Waals surface area contributed by atoms with Crippen molar-refractivity contribution in [3.63, 3.8) is 0 Å². The van der Waals surface area contributed by atoms with Gasteiger partial charge in [-0.25, -0.2) is 9.78 Å². The van der Waals surface area contributed by atoms with Crippen LogP contribution in [0, 0.1) is 5.92 Å². The van der Waals surface area contributed by atoms with Crippen molar-refractivity contribution >= 4 is 29.6 Å². The third kappa shape index (κ3) is 9.65. The number of aliphatic hydroxyl groups is 1. The fraction of sp³-hybridized carbons (Fsp3) is 0.579. The molecule has 0 aliphatic carbocycles. The Balaban J connectivity index is 3.02. The maximum Gasteiger partial charge on any atom is 0.328 e. The number of nitrogens with zero attached hydrogens (tertiary/aromatic N) is 1. The molecule has 33 heavy (non-hydrogen) atoms. The van der Waals surface area contributed by atoms with Gasteiger partial charge in [-0.05, 0) is 12.3 Å². The van der Waals surface area contributed by atoms with Crippen molar-refractivity contribution in [3.8, 4) is 0 Å². The second-order valence-corrected chi connectivity index (χ2v) is 7.89. The number of rotatable bonds is 14. The van der Waals surface area contributed by atoms with Crippen molar-refractivity contribution in [2.75, 3.05) is 6.61 Å². The van der Waals surface area contributed by atoms with Crippen LogP contribution in [0.25, 0.3) is 0 Å². The topological polar surface area (TPSA) is 243 Å². The molecule has 1 aromatic rings. The van der Waals surface area contributed by atoms with Gasteiger partial charge in [0.25, 0.3) is 0 Å². The van der Waals surface area contributed by atoms with Crippen LogP contribution < -0.4 is 27.4 Å². The molecule has 4 unspecified atom stereocenters. The highest BCUT2D eigenvalue weighted by Crippen LogP contribution is 2.08. The summed E-state index contributed by atoms with van der Waals surface area (Å²) in [6, 6.07) is -5.18. The zero-order chi connectivity index (χ0) is 25.1. The number of amides is 4. The van der Waals surface area contributed by atoms with Crippen LogP contribution in [0.3, 0.4) is 0 Å². The van der Waals surface area contributed by atoms with Gasteiger partial charge in [-0.1, -0.05) is 13.8 Å². The lowest BCUT2D eigenvalue weighted by Crippen LogP contribution is -2.58. The summed E-state index contributed by atoms with van der Waals surface area (Å²) in [5.41, 5.74) is 11.2. The van der Waals surface area contributed by atoms with Crippen molar-refractivity contribution in [1.82, 2.24) is 25.9 Å². The van der Waals surface area contributed by atoms with E-state index in [2.05, 4.69) is 25.9 Å². The number of primary amides is 1. The van der Waals surface area contributed by atoms with Crippen LogP contribution in [-0.4, -0.2) is 80.6 Å². The van der Waals surface area contributed by atoms with Gasteiger partial charge in [0.1, 0.15) is 18.1 Å². The van der Waals surface area contributed by atoms with Gasteiger partial charge in [-0.2, -0.15) is 0 Å². The summed E-state index contributed by atoms with van der Waals surface area (Å²) in [7, 11) is 0. The van der Waals surface area contributed by atoms with E-state index in [1.807, 2.05) is 13.8 Å². The Morgan fingerprint density at radius 2 is 1.61 bits per heavy atom. The second-order valence-electron chi connectivity index (χ2n) is 7.89. The molecule has 1 aromatic heterocycles. The second kappa shape index (κ2) is 13.1. The maximum atomic E-state index is 13.0. The van der Waals surface area contributed by atoms with Gasteiger partial charge in [0, 0.05) is 18.3 Å². The molecule has 0 spiro atoms. The molecule has 0 saturated carbocycles. The smallest absolute Gasteiger partial charge is 0.328 e. The molecule has 184 valence electrons. The number of H-pyrrole nitrogens is 1. The lowest BCUT2D eigenvalue weighted by atomic mass is 10.0. The predicted octanol–water partition coefficient (Wildman–Crippen LogP) is -3.27. The van der Waals surface area contributed by atoms with Crippen LogP contribution >= 0.6 is 0 Å². The number of nitrogens with one attached hydrogen (secondary N) is 4. The van der Waals surface area contributed by atoms with E-state index in [0.29, 0.717) is 5.69 Å². The van der Waals surface area contributed by atoms with Gasteiger partial charge >= 0.3 is 5.97 Å². The molecule has 0 bridgehead atoms. The highest BCUT2D eigenvalue weighted by Gasteiger charge is 2.31. The highest BCUT2D eigenvalue weighted by atomic mass is 16.4. The van der Waals surface area contributed by atoms with Crippen LogP contribution in [-0.2, 0) is 30.4 Å². The minimum Gasteiger partial charge on any atom is -0.480 e.